The first-order chi connectivity index (χ1) is 8.70. The van der Waals surface area contributed by atoms with Crippen LogP contribution in [0.25, 0.3) is 0 Å². The second-order valence-corrected chi connectivity index (χ2v) is 4.92. The fraction of sp³-hybridized carbons (Fsp3) is 0.571. The highest BCUT2D eigenvalue weighted by Crippen LogP contribution is 2.27. The van der Waals surface area contributed by atoms with E-state index < -0.39 is 0 Å². The minimum absolute atomic E-state index is 0.213. The van der Waals surface area contributed by atoms with Crippen molar-refractivity contribution in [2.45, 2.75) is 25.4 Å². The number of rotatable bonds is 4. The van der Waals surface area contributed by atoms with Gasteiger partial charge in [0.15, 0.2) is 11.5 Å². The van der Waals surface area contributed by atoms with Crippen molar-refractivity contribution in [3.63, 3.8) is 0 Å². The Labute approximate surface area is 109 Å². The average molecular weight is 250 g/mol. The van der Waals surface area contributed by atoms with Crippen LogP contribution in [0.1, 0.15) is 18.4 Å². The number of aromatic hydroxyl groups is 1. The molecule has 0 aliphatic carbocycles. The molecule has 1 unspecified atom stereocenters. The van der Waals surface area contributed by atoms with E-state index in [1.165, 1.54) is 12.8 Å². The zero-order chi connectivity index (χ0) is 13.0. The number of nitrogens with one attached hydrogen (secondary N) is 1. The highest BCUT2D eigenvalue weighted by molar-refractivity contribution is 5.41. The van der Waals surface area contributed by atoms with Crippen LogP contribution in [0.2, 0.25) is 0 Å². The molecule has 0 amide bonds. The molecule has 2 rings (SSSR count). The number of hydrogen-bond acceptors (Lipinski definition) is 4. The zero-order valence-corrected chi connectivity index (χ0v) is 11.1. The molecule has 4 nitrogen and oxygen atoms in total. The molecule has 1 atom stereocenters. The van der Waals surface area contributed by atoms with E-state index in [4.69, 9.17) is 4.74 Å². The number of nitrogens with zero attached hydrogens (tertiary/aromatic N) is 1. The Hall–Kier alpha value is -1.26. The van der Waals surface area contributed by atoms with Gasteiger partial charge in [-0.05, 0) is 44.1 Å². The van der Waals surface area contributed by atoms with E-state index in [9.17, 15) is 5.11 Å². The third kappa shape index (κ3) is 3.15. The number of benzene rings is 1. The van der Waals surface area contributed by atoms with E-state index in [1.807, 2.05) is 12.1 Å². The lowest BCUT2D eigenvalue weighted by Gasteiger charge is -2.31. The molecule has 1 saturated heterocycles. The molecular weight excluding hydrogens is 228 g/mol. The summed E-state index contributed by atoms with van der Waals surface area (Å²) in [6, 6.07) is 6.19. The van der Waals surface area contributed by atoms with Crippen molar-refractivity contribution in [2.75, 3.05) is 27.2 Å². The summed E-state index contributed by atoms with van der Waals surface area (Å²) in [5.74, 6) is 0.742. The van der Waals surface area contributed by atoms with Gasteiger partial charge in [0.2, 0.25) is 0 Å². The Morgan fingerprint density at radius 2 is 2.33 bits per heavy atom. The number of piperidine rings is 1. The monoisotopic (exact) mass is 250 g/mol. The second-order valence-electron chi connectivity index (χ2n) is 4.92. The van der Waals surface area contributed by atoms with Crippen LogP contribution in [0.4, 0.5) is 0 Å². The molecule has 1 aromatic carbocycles. The van der Waals surface area contributed by atoms with Crippen molar-refractivity contribution in [3.05, 3.63) is 23.8 Å². The summed E-state index contributed by atoms with van der Waals surface area (Å²) >= 11 is 0. The summed E-state index contributed by atoms with van der Waals surface area (Å²) < 4.78 is 5.05. The van der Waals surface area contributed by atoms with Crippen LogP contribution < -0.4 is 10.1 Å². The normalized spacial score (nSPS) is 20.1. The molecule has 1 fully saturated rings. The van der Waals surface area contributed by atoms with E-state index in [0.29, 0.717) is 11.8 Å². The summed E-state index contributed by atoms with van der Waals surface area (Å²) in [7, 11) is 3.70. The standard InChI is InChI=1S/C14H22N2O2/c1-16(12-4-3-7-15-9-12)10-11-5-6-14(18-2)13(17)8-11/h5-6,8,12,15,17H,3-4,7,9-10H2,1-2H3. The molecular formula is C14H22N2O2. The Morgan fingerprint density at radius 1 is 1.50 bits per heavy atom. The lowest BCUT2D eigenvalue weighted by molar-refractivity contribution is 0.195. The fourth-order valence-corrected chi connectivity index (χ4v) is 2.46. The topological polar surface area (TPSA) is 44.7 Å². The molecule has 0 aromatic heterocycles. The maximum atomic E-state index is 9.76. The van der Waals surface area contributed by atoms with Crippen molar-refractivity contribution in [1.82, 2.24) is 10.2 Å². The Kier molecular flexibility index (Phi) is 4.44. The summed E-state index contributed by atoms with van der Waals surface area (Å²) in [5.41, 5.74) is 1.11. The number of methoxy groups -OCH3 is 1. The second kappa shape index (κ2) is 6.07. The number of hydrogen-bond donors (Lipinski definition) is 2. The lowest BCUT2D eigenvalue weighted by Crippen LogP contribution is -2.43. The van der Waals surface area contributed by atoms with Crippen molar-refractivity contribution >= 4 is 0 Å². The van der Waals surface area contributed by atoms with Gasteiger partial charge in [-0.2, -0.15) is 0 Å². The van der Waals surface area contributed by atoms with Crippen molar-refractivity contribution in [3.8, 4) is 11.5 Å². The third-order valence-electron chi connectivity index (χ3n) is 3.57. The van der Waals surface area contributed by atoms with Crippen LogP contribution in [-0.2, 0) is 6.54 Å². The van der Waals surface area contributed by atoms with Crippen molar-refractivity contribution < 1.29 is 9.84 Å². The van der Waals surface area contributed by atoms with E-state index in [-0.39, 0.29) is 5.75 Å². The molecule has 0 radical (unpaired) electrons. The molecule has 1 aliphatic heterocycles. The first-order valence-corrected chi connectivity index (χ1v) is 6.47. The van der Waals surface area contributed by atoms with Crippen LogP contribution in [0.3, 0.4) is 0 Å². The maximum absolute atomic E-state index is 9.76. The van der Waals surface area contributed by atoms with E-state index >= 15 is 0 Å². The van der Waals surface area contributed by atoms with Gasteiger partial charge in [0.1, 0.15) is 0 Å². The van der Waals surface area contributed by atoms with Crippen LogP contribution in [0.15, 0.2) is 18.2 Å². The Balaban J connectivity index is 1.97. The van der Waals surface area contributed by atoms with Crippen LogP contribution in [-0.4, -0.2) is 43.3 Å². The number of phenolic OH excluding ortho intramolecular Hbond substituents is 1. The van der Waals surface area contributed by atoms with Gasteiger partial charge >= 0.3 is 0 Å². The molecule has 2 N–H and O–H groups in total. The molecule has 1 aliphatic rings. The summed E-state index contributed by atoms with van der Waals surface area (Å²) in [6.07, 6.45) is 2.48. The number of likely N-dealkylation sites (N-methyl/N-ethyl adjacent to an activating group) is 1. The van der Waals surface area contributed by atoms with E-state index in [1.54, 1.807) is 13.2 Å². The van der Waals surface area contributed by atoms with Crippen LogP contribution >= 0.6 is 0 Å². The largest absolute Gasteiger partial charge is 0.504 e. The predicted molar refractivity (Wildman–Crippen MR) is 72.0 cm³/mol. The minimum Gasteiger partial charge on any atom is -0.504 e. The Bertz CT molecular complexity index is 389. The van der Waals surface area contributed by atoms with E-state index in [2.05, 4.69) is 17.3 Å². The smallest absolute Gasteiger partial charge is 0.160 e. The van der Waals surface area contributed by atoms with Gasteiger partial charge in [-0.3, -0.25) is 4.90 Å². The van der Waals surface area contributed by atoms with Gasteiger partial charge in [0, 0.05) is 19.1 Å². The molecule has 1 heterocycles. The molecule has 18 heavy (non-hydrogen) atoms. The van der Waals surface area contributed by atoms with Gasteiger partial charge in [-0.1, -0.05) is 6.07 Å². The van der Waals surface area contributed by atoms with Crippen LogP contribution in [0.5, 0.6) is 11.5 Å². The van der Waals surface area contributed by atoms with Gasteiger partial charge in [0.25, 0.3) is 0 Å². The molecule has 0 saturated carbocycles. The summed E-state index contributed by atoms with van der Waals surface area (Å²) in [6.45, 7) is 3.04. The SMILES string of the molecule is COc1ccc(CN(C)C2CCCNC2)cc1O. The van der Waals surface area contributed by atoms with Crippen LogP contribution in [0, 0.1) is 0 Å². The molecule has 0 spiro atoms. The van der Waals surface area contributed by atoms with E-state index in [0.717, 1.165) is 25.2 Å². The summed E-state index contributed by atoms with van der Waals surface area (Å²) in [5, 5.41) is 13.2. The van der Waals surface area contributed by atoms with Gasteiger partial charge in [0.05, 0.1) is 7.11 Å². The maximum Gasteiger partial charge on any atom is 0.160 e. The highest BCUT2D eigenvalue weighted by atomic mass is 16.5. The van der Waals surface area contributed by atoms with Gasteiger partial charge < -0.3 is 15.2 Å². The van der Waals surface area contributed by atoms with Gasteiger partial charge in [-0.25, -0.2) is 0 Å². The number of phenols is 1. The predicted octanol–water partition coefficient (Wildman–Crippen LogP) is 1.58. The number of ether oxygens (including phenoxy) is 1. The first-order valence-electron chi connectivity index (χ1n) is 6.47. The Morgan fingerprint density at radius 3 is 2.94 bits per heavy atom. The van der Waals surface area contributed by atoms with Crippen molar-refractivity contribution in [2.24, 2.45) is 0 Å². The molecule has 0 bridgehead atoms. The fourth-order valence-electron chi connectivity index (χ4n) is 2.46. The van der Waals surface area contributed by atoms with Gasteiger partial charge in [-0.15, -0.1) is 0 Å². The molecule has 4 heteroatoms. The lowest BCUT2D eigenvalue weighted by atomic mass is 10.1. The average Bonchev–Trinajstić information content (AvgIpc) is 2.40. The quantitative estimate of drug-likeness (QED) is 0.851. The zero-order valence-electron chi connectivity index (χ0n) is 11.1. The third-order valence-corrected chi connectivity index (χ3v) is 3.57. The summed E-state index contributed by atoms with van der Waals surface area (Å²) in [4.78, 5) is 2.34. The molecule has 1 aromatic rings. The van der Waals surface area contributed by atoms with Crippen molar-refractivity contribution in [1.29, 1.82) is 0 Å². The molecule has 100 valence electrons. The highest BCUT2D eigenvalue weighted by Gasteiger charge is 2.17. The minimum atomic E-state index is 0.213. The first kappa shape index (κ1) is 13.2.